The molecular weight excluding hydrogens is 387 g/mol. The van der Waals surface area contributed by atoms with E-state index in [1.807, 2.05) is 0 Å². The summed E-state index contributed by atoms with van der Waals surface area (Å²) in [7, 11) is 0. The second-order valence-corrected chi connectivity index (χ2v) is 8.48. The van der Waals surface area contributed by atoms with E-state index in [9.17, 15) is 4.79 Å². The number of benzene rings is 2. The Balaban J connectivity index is 1.40. The molecule has 1 saturated heterocycles. The lowest BCUT2D eigenvalue weighted by Gasteiger charge is -2.29. The van der Waals surface area contributed by atoms with E-state index in [2.05, 4.69) is 35.6 Å². The first kappa shape index (κ1) is 19.6. The molecule has 26 heavy (non-hydrogen) atoms. The molecule has 0 unspecified atom stereocenters. The van der Waals surface area contributed by atoms with Gasteiger partial charge in [-0.25, -0.2) is 0 Å². The summed E-state index contributed by atoms with van der Waals surface area (Å²) in [5.74, 6) is 0.416. The summed E-state index contributed by atoms with van der Waals surface area (Å²) in [5, 5.41) is 4.42. The van der Waals surface area contributed by atoms with Gasteiger partial charge in [0.25, 0.3) is 0 Å². The molecule has 6 heteroatoms. The molecule has 0 aliphatic carbocycles. The van der Waals surface area contributed by atoms with Crippen molar-refractivity contribution in [1.82, 2.24) is 5.32 Å². The first-order chi connectivity index (χ1) is 12.6. The van der Waals surface area contributed by atoms with E-state index in [-0.39, 0.29) is 11.9 Å². The summed E-state index contributed by atoms with van der Waals surface area (Å²) in [6, 6.07) is 16.2. The predicted octanol–water partition coefficient (Wildman–Crippen LogP) is 3.45. The largest absolute Gasteiger partial charge is 0.352 e. The molecule has 3 rings (SSSR count). The fourth-order valence-corrected chi connectivity index (χ4v) is 4.54. The number of nitrogens with one attached hydrogen (secondary N) is 2. The highest BCUT2D eigenvalue weighted by Gasteiger charge is 2.23. The van der Waals surface area contributed by atoms with Gasteiger partial charge >= 0.3 is 0 Å². The van der Waals surface area contributed by atoms with Crippen molar-refractivity contribution >= 4 is 40.9 Å². The minimum absolute atomic E-state index is 0.0579. The van der Waals surface area contributed by atoms with Crippen LogP contribution < -0.4 is 10.2 Å². The zero-order valence-corrected chi connectivity index (χ0v) is 16.8. The Morgan fingerprint density at radius 3 is 2.58 bits per heavy atom. The molecule has 1 heterocycles. The van der Waals surface area contributed by atoms with Crippen LogP contribution in [0.1, 0.15) is 18.4 Å². The molecular formula is C20H23Cl2N2OS+. The molecule has 0 saturated carbocycles. The first-order valence-electron chi connectivity index (χ1n) is 8.85. The molecule has 2 aromatic rings. The van der Waals surface area contributed by atoms with Crippen LogP contribution in [0.5, 0.6) is 0 Å². The van der Waals surface area contributed by atoms with Gasteiger partial charge in [-0.2, -0.15) is 0 Å². The number of hydrogen-bond acceptors (Lipinski definition) is 2. The number of thioether (sulfide) groups is 1. The van der Waals surface area contributed by atoms with E-state index in [0.29, 0.717) is 15.8 Å². The number of piperidine rings is 1. The van der Waals surface area contributed by atoms with Crippen molar-refractivity contribution in [3.05, 3.63) is 64.1 Å². The van der Waals surface area contributed by atoms with Crippen LogP contribution in [-0.4, -0.2) is 30.8 Å². The third-order valence-electron chi connectivity index (χ3n) is 4.61. The highest BCUT2D eigenvalue weighted by atomic mass is 35.5. The third kappa shape index (κ3) is 5.92. The molecule has 0 radical (unpaired) electrons. The van der Waals surface area contributed by atoms with Crippen LogP contribution >= 0.6 is 35.0 Å². The molecule has 0 spiro atoms. The monoisotopic (exact) mass is 409 g/mol. The maximum absolute atomic E-state index is 12.2. The average Bonchev–Trinajstić information content (AvgIpc) is 2.65. The Morgan fingerprint density at radius 2 is 1.85 bits per heavy atom. The Labute approximate surface area is 169 Å². The fourth-order valence-electron chi connectivity index (χ4n) is 3.23. The second-order valence-electron chi connectivity index (χ2n) is 6.62. The van der Waals surface area contributed by atoms with Gasteiger partial charge in [0, 0.05) is 34.4 Å². The normalized spacial score (nSPS) is 19.9. The number of quaternary nitrogens is 1. The highest BCUT2D eigenvalue weighted by molar-refractivity contribution is 8.00. The number of hydrogen-bond donors (Lipinski definition) is 2. The lowest BCUT2D eigenvalue weighted by molar-refractivity contribution is -0.918. The molecule has 1 aliphatic rings. The van der Waals surface area contributed by atoms with E-state index in [1.54, 1.807) is 23.1 Å². The van der Waals surface area contributed by atoms with E-state index in [1.165, 1.54) is 17.3 Å². The quantitative estimate of drug-likeness (QED) is 0.716. The van der Waals surface area contributed by atoms with Crippen LogP contribution in [-0.2, 0) is 11.3 Å². The van der Waals surface area contributed by atoms with Gasteiger partial charge in [0.2, 0.25) is 5.91 Å². The molecule has 1 amide bonds. The lowest BCUT2D eigenvalue weighted by Crippen LogP contribution is -3.12. The smallest absolute Gasteiger partial charge is 0.230 e. The van der Waals surface area contributed by atoms with Gasteiger partial charge in [0.05, 0.1) is 23.9 Å². The zero-order valence-electron chi connectivity index (χ0n) is 14.5. The Kier molecular flexibility index (Phi) is 7.26. The molecule has 138 valence electrons. The summed E-state index contributed by atoms with van der Waals surface area (Å²) >= 11 is 13.6. The van der Waals surface area contributed by atoms with Gasteiger partial charge < -0.3 is 10.2 Å². The minimum Gasteiger partial charge on any atom is -0.352 e. The van der Waals surface area contributed by atoms with Crippen molar-refractivity contribution in [2.45, 2.75) is 30.3 Å². The second kappa shape index (κ2) is 9.65. The van der Waals surface area contributed by atoms with Gasteiger partial charge in [-0.3, -0.25) is 4.79 Å². The molecule has 1 aliphatic heterocycles. The maximum atomic E-state index is 12.2. The van der Waals surface area contributed by atoms with E-state index in [4.69, 9.17) is 23.2 Å². The third-order valence-corrected chi connectivity index (χ3v) is 6.34. The summed E-state index contributed by atoms with van der Waals surface area (Å²) in [6.07, 6.45) is 2.05. The molecule has 1 fully saturated rings. The van der Waals surface area contributed by atoms with Crippen molar-refractivity contribution in [1.29, 1.82) is 0 Å². The van der Waals surface area contributed by atoms with Crippen molar-refractivity contribution in [2.75, 3.05) is 18.8 Å². The van der Waals surface area contributed by atoms with Crippen LogP contribution in [0.25, 0.3) is 0 Å². The summed E-state index contributed by atoms with van der Waals surface area (Å²) in [4.78, 5) is 14.7. The van der Waals surface area contributed by atoms with Crippen LogP contribution in [0.15, 0.2) is 53.4 Å². The Morgan fingerprint density at radius 1 is 1.12 bits per heavy atom. The minimum atomic E-state index is 0.0579. The van der Waals surface area contributed by atoms with Gasteiger partial charge in [-0.1, -0.05) is 53.5 Å². The molecule has 2 aromatic carbocycles. The van der Waals surface area contributed by atoms with Crippen molar-refractivity contribution in [3.8, 4) is 0 Å². The molecule has 0 atom stereocenters. The van der Waals surface area contributed by atoms with Crippen molar-refractivity contribution in [3.63, 3.8) is 0 Å². The van der Waals surface area contributed by atoms with Crippen LogP contribution in [0.4, 0.5) is 0 Å². The Hall–Kier alpha value is -1.20. The maximum Gasteiger partial charge on any atom is 0.230 e. The van der Waals surface area contributed by atoms with Crippen molar-refractivity contribution < 1.29 is 9.69 Å². The first-order valence-corrected chi connectivity index (χ1v) is 10.6. The number of carbonyl (C=O) groups is 1. The van der Waals surface area contributed by atoms with Gasteiger partial charge in [-0.05, 0) is 18.2 Å². The summed E-state index contributed by atoms with van der Waals surface area (Å²) in [5.41, 5.74) is 1.37. The predicted molar refractivity (Wildman–Crippen MR) is 109 cm³/mol. The van der Waals surface area contributed by atoms with E-state index < -0.39 is 0 Å². The number of likely N-dealkylation sites (tertiary alicyclic amines) is 1. The number of carbonyl (C=O) groups excluding carboxylic acids is 1. The highest BCUT2D eigenvalue weighted by Crippen LogP contribution is 2.29. The van der Waals surface area contributed by atoms with Crippen LogP contribution in [0.2, 0.25) is 10.0 Å². The van der Waals surface area contributed by atoms with Gasteiger partial charge in [0.15, 0.2) is 0 Å². The Bertz CT molecular complexity index is 734. The van der Waals surface area contributed by atoms with Crippen LogP contribution in [0, 0.1) is 0 Å². The summed E-state index contributed by atoms with van der Waals surface area (Å²) in [6.45, 7) is 3.24. The standard InChI is InChI=1S/C20H22Cl2N2OS/c21-16-6-7-18(22)19(12-16)26-14-20(25)23-17-8-10-24(11-9-17)13-15-4-2-1-3-5-15/h1-7,12,17H,8-11,13-14H2,(H,23,25)/p+1. The number of amides is 1. The molecule has 3 nitrogen and oxygen atoms in total. The molecule has 0 aromatic heterocycles. The SMILES string of the molecule is O=C(CSc1cc(Cl)ccc1Cl)NC1CC[NH+](Cc2ccccc2)CC1. The molecule has 2 N–H and O–H groups in total. The molecule has 0 bridgehead atoms. The van der Waals surface area contributed by atoms with Gasteiger partial charge in [-0.15, -0.1) is 11.8 Å². The summed E-state index contributed by atoms with van der Waals surface area (Å²) < 4.78 is 0. The average molecular weight is 410 g/mol. The fraction of sp³-hybridized carbons (Fsp3) is 0.350. The van der Waals surface area contributed by atoms with E-state index >= 15 is 0 Å². The number of halogens is 2. The topological polar surface area (TPSA) is 33.5 Å². The van der Waals surface area contributed by atoms with Crippen molar-refractivity contribution in [2.24, 2.45) is 0 Å². The van der Waals surface area contributed by atoms with E-state index in [0.717, 1.165) is 37.4 Å². The van der Waals surface area contributed by atoms with Gasteiger partial charge in [0.1, 0.15) is 6.54 Å². The lowest BCUT2D eigenvalue weighted by atomic mass is 10.0. The zero-order chi connectivity index (χ0) is 18.4. The number of rotatable bonds is 6. The van der Waals surface area contributed by atoms with Crippen LogP contribution in [0.3, 0.4) is 0 Å².